The van der Waals surface area contributed by atoms with Gasteiger partial charge in [0.1, 0.15) is 24.4 Å². The molecule has 1 fully saturated rings. The zero-order valence-corrected chi connectivity index (χ0v) is 9.53. The molecule has 0 aliphatic carbocycles. The number of ether oxygens (including phenoxy) is 2. The normalized spacial score (nSPS) is 38.0. The minimum Gasteiger partial charge on any atom is -0.437 e. The minimum atomic E-state index is -1.44. The standard InChI is InChI=1S/C9H13NO6S/c11-3-4-5(12)6(13)7(14)8(15-4)16-9-10-1-2-17-9/h1-2,4-8,11-14H,3H2/t4-,5-,6+,7+,8?/m1/s1. The average Bonchev–Trinajstić information content (AvgIpc) is 2.83. The van der Waals surface area contributed by atoms with Crippen molar-refractivity contribution in [1.29, 1.82) is 0 Å². The maximum atomic E-state index is 9.66. The van der Waals surface area contributed by atoms with Gasteiger partial charge >= 0.3 is 0 Å². The van der Waals surface area contributed by atoms with Gasteiger partial charge in [-0.1, -0.05) is 11.3 Å². The molecule has 17 heavy (non-hydrogen) atoms. The highest BCUT2D eigenvalue weighted by Gasteiger charge is 2.44. The van der Waals surface area contributed by atoms with Crippen LogP contribution in [0.15, 0.2) is 11.6 Å². The van der Waals surface area contributed by atoms with E-state index >= 15 is 0 Å². The molecule has 4 N–H and O–H groups in total. The zero-order valence-electron chi connectivity index (χ0n) is 8.71. The lowest BCUT2D eigenvalue weighted by Gasteiger charge is -2.39. The van der Waals surface area contributed by atoms with Crippen molar-refractivity contribution in [3.05, 3.63) is 11.6 Å². The Morgan fingerprint density at radius 3 is 2.65 bits per heavy atom. The SMILES string of the molecule is OC[C@H]1OC(Oc2nccs2)[C@@H](O)[C@@H](O)[C@@H]1O. The topological polar surface area (TPSA) is 112 Å². The maximum absolute atomic E-state index is 9.66. The molecule has 0 radical (unpaired) electrons. The summed E-state index contributed by atoms with van der Waals surface area (Å²) in [6, 6.07) is 0. The zero-order chi connectivity index (χ0) is 12.4. The number of hydrogen-bond donors (Lipinski definition) is 4. The highest BCUT2D eigenvalue weighted by Crippen LogP contribution is 2.25. The molecular weight excluding hydrogens is 250 g/mol. The van der Waals surface area contributed by atoms with Crippen molar-refractivity contribution in [2.75, 3.05) is 6.61 Å². The van der Waals surface area contributed by atoms with E-state index in [0.717, 1.165) is 0 Å². The van der Waals surface area contributed by atoms with Gasteiger partial charge in [0.15, 0.2) is 0 Å². The predicted molar refractivity (Wildman–Crippen MR) is 56.5 cm³/mol. The molecule has 2 heterocycles. The third-order valence-corrected chi connectivity index (χ3v) is 3.14. The molecule has 1 aromatic heterocycles. The summed E-state index contributed by atoms with van der Waals surface area (Å²) in [6.45, 7) is -0.483. The van der Waals surface area contributed by atoms with Gasteiger partial charge in [-0.2, -0.15) is 0 Å². The molecule has 7 nitrogen and oxygen atoms in total. The smallest absolute Gasteiger partial charge is 0.275 e. The lowest BCUT2D eigenvalue weighted by Crippen LogP contribution is -2.60. The van der Waals surface area contributed by atoms with Crippen molar-refractivity contribution in [2.24, 2.45) is 0 Å². The molecule has 8 heteroatoms. The van der Waals surface area contributed by atoms with Gasteiger partial charge in [0.05, 0.1) is 6.61 Å². The van der Waals surface area contributed by atoms with Crippen LogP contribution in [-0.4, -0.2) is 62.7 Å². The molecule has 96 valence electrons. The predicted octanol–water partition coefficient (Wildman–Crippen LogP) is -1.68. The van der Waals surface area contributed by atoms with Crippen LogP contribution in [-0.2, 0) is 4.74 Å². The largest absolute Gasteiger partial charge is 0.437 e. The lowest BCUT2D eigenvalue weighted by atomic mass is 9.99. The number of aromatic nitrogens is 1. The summed E-state index contributed by atoms with van der Waals surface area (Å²) in [5.41, 5.74) is 0. The van der Waals surface area contributed by atoms with Gasteiger partial charge in [-0.15, -0.1) is 0 Å². The van der Waals surface area contributed by atoms with E-state index in [4.69, 9.17) is 14.6 Å². The van der Waals surface area contributed by atoms with Crippen molar-refractivity contribution in [1.82, 2.24) is 4.98 Å². The molecule has 0 saturated carbocycles. The first-order valence-electron chi connectivity index (χ1n) is 5.00. The molecule has 5 atom stereocenters. The fourth-order valence-electron chi connectivity index (χ4n) is 1.53. The molecule has 0 spiro atoms. The highest BCUT2D eigenvalue weighted by molar-refractivity contribution is 7.11. The summed E-state index contributed by atoms with van der Waals surface area (Å²) in [5, 5.41) is 39.6. The summed E-state index contributed by atoms with van der Waals surface area (Å²) < 4.78 is 10.3. The quantitative estimate of drug-likeness (QED) is 0.515. The molecule has 0 amide bonds. The summed E-state index contributed by atoms with van der Waals surface area (Å²) in [4.78, 5) is 3.84. The maximum Gasteiger partial charge on any atom is 0.275 e. The van der Waals surface area contributed by atoms with E-state index in [1.165, 1.54) is 17.5 Å². The summed E-state index contributed by atoms with van der Waals surface area (Å²) in [7, 11) is 0. The summed E-state index contributed by atoms with van der Waals surface area (Å²) >= 11 is 1.20. The molecule has 1 aromatic rings. The van der Waals surface area contributed by atoms with E-state index in [9.17, 15) is 15.3 Å². The van der Waals surface area contributed by atoms with E-state index in [2.05, 4.69) is 4.98 Å². The van der Waals surface area contributed by atoms with E-state index in [1.54, 1.807) is 5.38 Å². The first-order chi connectivity index (χ1) is 8.13. The van der Waals surface area contributed by atoms with Crippen molar-refractivity contribution in [3.8, 4) is 5.19 Å². The van der Waals surface area contributed by atoms with Crippen LogP contribution in [0.25, 0.3) is 0 Å². The number of thiazole rings is 1. The first kappa shape index (κ1) is 12.7. The van der Waals surface area contributed by atoms with Crippen LogP contribution in [0.2, 0.25) is 0 Å². The Hall–Kier alpha value is -0.770. The molecule has 0 aromatic carbocycles. The molecule has 1 saturated heterocycles. The number of aliphatic hydroxyl groups is 4. The van der Waals surface area contributed by atoms with Crippen molar-refractivity contribution in [2.45, 2.75) is 30.7 Å². The van der Waals surface area contributed by atoms with Gasteiger partial charge in [0.2, 0.25) is 6.29 Å². The van der Waals surface area contributed by atoms with E-state index < -0.39 is 37.3 Å². The fraction of sp³-hybridized carbons (Fsp3) is 0.667. The van der Waals surface area contributed by atoms with Crippen molar-refractivity contribution < 1.29 is 29.9 Å². The van der Waals surface area contributed by atoms with Gasteiger partial charge < -0.3 is 29.9 Å². The molecular formula is C9H13NO6S. The van der Waals surface area contributed by atoms with Gasteiger partial charge in [0, 0.05) is 11.6 Å². The number of aliphatic hydroxyl groups excluding tert-OH is 4. The molecule has 2 rings (SSSR count). The summed E-state index contributed by atoms with van der Waals surface area (Å²) in [6.07, 6.45) is -4.85. The van der Waals surface area contributed by atoms with Crippen LogP contribution in [0.4, 0.5) is 0 Å². The Bertz CT molecular complexity index is 345. The molecule has 1 unspecified atom stereocenters. The number of hydrogen-bond acceptors (Lipinski definition) is 8. The van der Waals surface area contributed by atoms with Crippen molar-refractivity contribution in [3.63, 3.8) is 0 Å². The Morgan fingerprint density at radius 2 is 2.06 bits per heavy atom. The highest BCUT2D eigenvalue weighted by atomic mass is 32.1. The second kappa shape index (κ2) is 5.25. The second-order valence-corrected chi connectivity index (χ2v) is 4.47. The molecule has 0 bridgehead atoms. The van der Waals surface area contributed by atoms with Crippen LogP contribution in [0.5, 0.6) is 5.19 Å². The molecule has 1 aliphatic rings. The van der Waals surface area contributed by atoms with Gasteiger partial charge in [-0.3, -0.25) is 0 Å². The minimum absolute atomic E-state index is 0.273. The Morgan fingerprint density at radius 1 is 1.29 bits per heavy atom. The Kier molecular flexibility index (Phi) is 3.92. The Balaban J connectivity index is 2.06. The average molecular weight is 263 g/mol. The van der Waals surface area contributed by atoms with Crippen LogP contribution in [0, 0.1) is 0 Å². The summed E-state index contributed by atoms with van der Waals surface area (Å²) in [5.74, 6) is 0. The Labute approximate surface area is 101 Å². The fourth-order valence-corrected chi connectivity index (χ4v) is 2.04. The van der Waals surface area contributed by atoms with E-state index in [-0.39, 0.29) is 5.19 Å². The van der Waals surface area contributed by atoms with E-state index in [0.29, 0.717) is 0 Å². The first-order valence-corrected chi connectivity index (χ1v) is 5.88. The lowest BCUT2D eigenvalue weighted by molar-refractivity contribution is -0.277. The third-order valence-electron chi connectivity index (χ3n) is 2.48. The van der Waals surface area contributed by atoms with Gasteiger partial charge in [-0.05, 0) is 0 Å². The van der Waals surface area contributed by atoms with Gasteiger partial charge in [0.25, 0.3) is 5.19 Å². The molecule has 1 aliphatic heterocycles. The van der Waals surface area contributed by atoms with Crippen LogP contribution in [0.3, 0.4) is 0 Å². The van der Waals surface area contributed by atoms with Crippen LogP contribution in [0.1, 0.15) is 0 Å². The van der Waals surface area contributed by atoms with Crippen LogP contribution >= 0.6 is 11.3 Å². The van der Waals surface area contributed by atoms with Crippen LogP contribution < -0.4 is 4.74 Å². The number of rotatable bonds is 3. The number of nitrogens with zero attached hydrogens (tertiary/aromatic N) is 1. The van der Waals surface area contributed by atoms with Crippen molar-refractivity contribution >= 4 is 11.3 Å². The monoisotopic (exact) mass is 263 g/mol. The van der Waals surface area contributed by atoms with E-state index in [1.807, 2.05) is 0 Å². The second-order valence-electron chi connectivity index (χ2n) is 3.61. The third kappa shape index (κ3) is 2.57. The van der Waals surface area contributed by atoms with Gasteiger partial charge in [-0.25, -0.2) is 4.98 Å².